The van der Waals surface area contributed by atoms with Crippen LogP contribution in [0.15, 0.2) is 54.6 Å². The molecule has 0 saturated carbocycles. The fourth-order valence-electron chi connectivity index (χ4n) is 3.36. The molecule has 0 fully saturated rings. The molecule has 0 aromatic heterocycles. The normalized spacial score (nSPS) is 12.1. The van der Waals surface area contributed by atoms with E-state index in [9.17, 15) is 18.0 Å². The molecule has 0 heterocycles. The van der Waals surface area contributed by atoms with Gasteiger partial charge in [0.15, 0.2) is 0 Å². The van der Waals surface area contributed by atoms with Crippen LogP contribution in [0.2, 0.25) is 0 Å². The van der Waals surface area contributed by atoms with Gasteiger partial charge in [0.2, 0.25) is 21.8 Å². The molecular formula is C23H31N3O4S. The van der Waals surface area contributed by atoms with Gasteiger partial charge >= 0.3 is 0 Å². The molecule has 1 atom stereocenters. The van der Waals surface area contributed by atoms with Crippen molar-refractivity contribution in [2.75, 3.05) is 24.2 Å². The first-order valence-electron chi connectivity index (χ1n) is 10.2. The van der Waals surface area contributed by atoms with E-state index in [1.807, 2.05) is 43.3 Å². The first-order valence-corrected chi connectivity index (χ1v) is 12.1. The van der Waals surface area contributed by atoms with Gasteiger partial charge in [-0.1, -0.05) is 42.5 Å². The van der Waals surface area contributed by atoms with Crippen LogP contribution in [-0.2, 0) is 26.2 Å². The van der Waals surface area contributed by atoms with Gasteiger partial charge in [-0.3, -0.25) is 13.9 Å². The molecule has 0 aliphatic heterocycles. The number of hydrogen-bond donors (Lipinski definition) is 1. The Bertz CT molecular complexity index is 993. The second-order valence-corrected chi connectivity index (χ2v) is 9.48. The van der Waals surface area contributed by atoms with Crippen molar-refractivity contribution in [1.29, 1.82) is 0 Å². The van der Waals surface area contributed by atoms with Crippen LogP contribution in [-0.4, -0.2) is 51.0 Å². The van der Waals surface area contributed by atoms with E-state index in [1.54, 1.807) is 25.1 Å². The zero-order valence-electron chi connectivity index (χ0n) is 18.5. The number of carbonyl (C=O) groups excluding carboxylic acids is 2. The minimum atomic E-state index is -3.49. The number of nitrogens with zero attached hydrogens (tertiary/aromatic N) is 2. The third-order valence-corrected chi connectivity index (χ3v) is 6.25. The standard InChI is InChI=1S/C23H31N3O4S/c1-18-10-8-13-21(16-18)26(31(4,29)30)15-9-14-22(27)25(19(2)23(28)24-3)17-20-11-6-5-7-12-20/h5-8,10-13,16,19H,9,14-15,17H2,1-4H3,(H,24,28)/t19-/m1/s1. The topological polar surface area (TPSA) is 86.8 Å². The monoisotopic (exact) mass is 445 g/mol. The highest BCUT2D eigenvalue weighted by molar-refractivity contribution is 7.92. The van der Waals surface area contributed by atoms with Crippen molar-refractivity contribution in [2.24, 2.45) is 0 Å². The summed E-state index contributed by atoms with van der Waals surface area (Å²) in [6, 6.07) is 16.1. The van der Waals surface area contributed by atoms with Crippen LogP contribution in [0, 0.1) is 6.92 Å². The maximum atomic E-state index is 13.0. The molecule has 0 unspecified atom stereocenters. The highest BCUT2D eigenvalue weighted by atomic mass is 32.2. The molecular weight excluding hydrogens is 414 g/mol. The lowest BCUT2D eigenvalue weighted by Gasteiger charge is -2.29. The van der Waals surface area contributed by atoms with E-state index in [1.165, 1.54) is 16.3 Å². The predicted molar refractivity (Wildman–Crippen MR) is 123 cm³/mol. The van der Waals surface area contributed by atoms with E-state index in [0.717, 1.165) is 17.4 Å². The van der Waals surface area contributed by atoms with Crippen molar-refractivity contribution in [3.63, 3.8) is 0 Å². The second-order valence-electron chi connectivity index (χ2n) is 7.58. The molecule has 168 valence electrons. The minimum Gasteiger partial charge on any atom is -0.357 e. The largest absolute Gasteiger partial charge is 0.357 e. The molecule has 31 heavy (non-hydrogen) atoms. The lowest BCUT2D eigenvalue weighted by molar-refractivity contribution is -0.140. The molecule has 0 aliphatic carbocycles. The number of nitrogens with one attached hydrogen (secondary N) is 1. The molecule has 2 amide bonds. The molecule has 1 N–H and O–H groups in total. The van der Waals surface area contributed by atoms with Crippen molar-refractivity contribution in [3.8, 4) is 0 Å². The number of rotatable bonds is 10. The zero-order chi connectivity index (χ0) is 23.0. The summed E-state index contributed by atoms with van der Waals surface area (Å²) in [5.74, 6) is -0.445. The number of carbonyl (C=O) groups is 2. The highest BCUT2D eigenvalue weighted by Gasteiger charge is 2.26. The summed E-state index contributed by atoms with van der Waals surface area (Å²) >= 11 is 0. The van der Waals surface area contributed by atoms with Gasteiger partial charge in [0.05, 0.1) is 11.9 Å². The lowest BCUT2D eigenvalue weighted by atomic mass is 10.1. The quantitative estimate of drug-likeness (QED) is 0.609. The first kappa shape index (κ1) is 24.4. The van der Waals surface area contributed by atoms with Gasteiger partial charge in [-0.2, -0.15) is 0 Å². The summed E-state index contributed by atoms with van der Waals surface area (Å²) in [5, 5.41) is 2.59. The van der Waals surface area contributed by atoms with Crippen LogP contribution in [0.25, 0.3) is 0 Å². The summed E-state index contributed by atoms with van der Waals surface area (Å²) in [4.78, 5) is 26.7. The summed E-state index contributed by atoms with van der Waals surface area (Å²) in [5.41, 5.74) is 2.45. The Balaban J connectivity index is 2.12. The fraction of sp³-hybridized carbons (Fsp3) is 0.391. The molecule has 0 bridgehead atoms. The predicted octanol–water partition coefficient (Wildman–Crippen LogP) is 2.70. The van der Waals surface area contributed by atoms with Crippen molar-refractivity contribution in [2.45, 2.75) is 39.3 Å². The summed E-state index contributed by atoms with van der Waals surface area (Å²) in [7, 11) is -1.95. The Morgan fingerprint density at radius 3 is 2.32 bits per heavy atom. The Morgan fingerprint density at radius 1 is 1.06 bits per heavy atom. The van der Waals surface area contributed by atoms with Crippen LogP contribution in [0.3, 0.4) is 0 Å². The van der Waals surface area contributed by atoms with Gasteiger partial charge in [0.1, 0.15) is 6.04 Å². The van der Waals surface area contributed by atoms with Crippen molar-refractivity contribution >= 4 is 27.5 Å². The highest BCUT2D eigenvalue weighted by Crippen LogP contribution is 2.20. The molecule has 0 radical (unpaired) electrons. The Kier molecular flexibility index (Phi) is 8.62. The molecule has 7 nitrogen and oxygen atoms in total. The average Bonchev–Trinajstić information content (AvgIpc) is 2.73. The van der Waals surface area contributed by atoms with Crippen LogP contribution in [0.4, 0.5) is 5.69 Å². The number of hydrogen-bond acceptors (Lipinski definition) is 4. The average molecular weight is 446 g/mol. The molecule has 0 aliphatic rings. The SMILES string of the molecule is CNC(=O)[C@@H](C)N(Cc1ccccc1)C(=O)CCCN(c1cccc(C)c1)S(C)(=O)=O. The third-order valence-electron chi connectivity index (χ3n) is 5.05. The first-order chi connectivity index (χ1) is 14.6. The van der Waals surface area contributed by atoms with Gasteiger partial charge in [0, 0.05) is 26.6 Å². The number of amides is 2. The fourth-order valence-corrected chi connectivity index (χ4v) is 4.32. The van der Waals surface area contributed by atoms with E-state index < -0.39 is 16.1 Å². The maximum absolute atomic E-state index is 13.0. The Morgan fingerprint density at radius 2 is 1.74 bits per heavy atom. The second kappa shape index (κ2) is 10.9. The van der Waals surface area contributed by atoms with Crippen LogP contribution >= 0.6 is 0 Å². The number of benzene rings is 2. The van der Waals surface area contributed by atoms with Crippen LogP contribution < -0.4 is 9.62 Å². The number of anilines is 1. The van der Waals surface area contributed by atoms with Crippen molar-refractivity contribution < 1.29 is 18.0 Å². The van der Waals surface area contributed by atoms with E-state index in [4.69, 9.17) is 0 Å². The summed E-state index contributed by atoms with van der Waals surface area (Å²) in [6.45, 7) is 4.08. The molecule has 2 aromatic carbocycles. The number of aryl methyl sites for hydroxylation is 1. The van der Waals surface area contributed by atoms with Gasteiger partial charge in [-0.25, -0.2) is 8.42 Å². The molecule has 2 rings (SSSR count). The van der Waals surface area contributed by atoms with Gasteiger partial charge in [-0.05, 0) is 43.5 Å². The Hall–Kier alpha value is -2.87. The van der Waals surface area contributed by atoms with Gasteiger partial charge in [0.25, 0.3) is 0 Å². The van der Waals surface area contributed by atoms with Gasteiger partial charge in [-0.15, -0.1) is 0 Å². The lowest BCUT2D eigenvalue weighted by Crippen LogP contribution is -2.46. The smallest absolute Gasteiger partial charge is 0.242 e. The molecule has 8 heteroatoms. The minimum absolute atomic E-state index is 0.131. The number of likely N-dealkylation sites (N-methyl/N-ethyl adjacent to an activating group) is 1. The van der Waals surface area contributed by atoms with E-state index >= 15 is 0 Å². The third kappa shape index (κ3) is 7.10. The van der Waals surface area contributed by atoms with E-state index in [0.29, 0.717) is 18.7 Å². The van der Waals surface area contributed by atoms with Crippen molar-refractivity contribution in [1.82, 2.24) is 10.2 Å². The van der Waals surface area contributed by atoms with Crippen molar-refractivity contribution in [3.05, 3.63) is 65.7 Å². The van der Waals surface area contributed by atoms with E-state index in [2.05, 4.69) is 5.32 Å². The maximum Gasteiger partial charge on any atom is 0.242 e. The summed E-state index contributed by atoms with van der Waals surface area (Å²) < 4.78 is 25.9. The summed E-state index contributed by atoms with van der Waals surface area (Å²) in [6.07, 6.45) is 1.63. The zero-order valence-corrected chi connectivity index (χ0v) is 19.4. The van der Waals surface area contributed by atoms with E-state index in [-0.39, 0.29) is 24.8 Å². The van der Waals surface area contributed by atoms with Crippen LogP contribution in [0.1, 0.15) is 30.9 Å². The Labute approximate surface area is 185 Å². The van der Waals surface area contributed by atoms with Gasteiger partial charge < -0.3 is 10.2 Å². The molecule has 0 spiro atoms. The number of sulfonamides is 1. The molecule has 2 aromatic rings. The van der Waals surface area contributed by atoms with Crippen LogP contribution in [0.5, 0.6) is 0 Å². The molecule has 0 saturated heterocycles.